The molecule has 3 rings (SSSR count). The second-order valence-electron chi connectivity index (χ2n) is 7.67. The molecule has 2 heterocycles. The first-order chi connectivity index (χ1) is 13.0. The van der Waals surface area contributed by atoms with Crippen molar-refractivity contribution in [3.63, 3.8) is 0 Å². The number of pyridine rings is 1. The maximum absolute atomic E-state index is 13.2. The van der Waals surface area contributed by atoms with Crippen molar-refractivity contribution in [3.05, 3.63) is 29.8 Å². The summed E-state index contributed by atoms with van der Waals surface area (Å²) in [6.45, 7) is 4.26. The molecule has 1 saturated carbocycles. The highest BCUT2D eigenvalue weighted by Crippen LogP contribution is 2.40. The zero-order valence-corrected chi connectivity index (χ0v) is 15.8. The molecule has 1 aromatic heterocycles. The maximum atomic E-state index is 13.2. The number of nitriles is 1. The molecule has 1 unspecified atom stereocenters. The van der Waals surface area contributed by atoms with Gasteiger partial charge in [-0.25, -0.2) is 9.18 Å². The molecule has 1 aliphatic heterocycles. The smallest absolute Gasteiger partial charge is 0.407 e. The number of nitrogens with zero attached hydrogens (tertiary/aromatic N) is 4. The summed E-state index contributed by atoms with van der Waals surface area (Å²) in [6.07, 6.45) is 5.12. The monoisotopic (exact) mass is 374 g/mol. The Morgan fingerprint density at radius 2 is 2.15 bits per heavy atom. The second kappa shape index (κ2) is 8.22. The van der Waals surface area contributed by atoms with Gasteiger partial charge >= 0.3 is 6.09 Å². The van der Waals surface area contributed by atoms with E-state index in [1.54, 1.807) is 11.0 Å². The number of aromatic nitrogens is 1. The van der Waals surface area contributed by atoms with Crippen molar-refractivity contribution < 1.29 is 14.3 Å². The first-order valence-electron chi connectivity index (χ1n) is 9.76. The molecule has 1 aromatic rings. The quantitative estimate of drug-likeness (QED) is 0.877. The minimum atomic E-state index is -0.835. The van der Waals surface area contributed by atoms with Crippen molar-refractivity contribution in [1.82, 2.24) is 14.8 Å². The predicted molar refractivity (Wildman–Crippen MR) is 98.7 cm³/mol. The van der Waals surface area contributed by atoms with Crippen LogP contribution in [-0.2, 0) is 5.41 Å². The van der Waals surface area contributed by atoms with Gasteiger partial charge in [-0.2, -0.15) is 5.26 Å². The molecule has 27 heavy (non-hydrogen) atoms. The van der Waals surface area contributed by atoms with E-state index in [9.17, 15) is 19.6 Å². The standard InChI is InChI=1S/C20H27FN4O2/c1-2-16-13-24(10-3-11-25(16)19(26)27)17-6-8-20(14-22,9-7-17)18-5-4-15(21)12-23-18/h4-5,12,16-17H,2-3,6-11,13H2,1H3,(H,26,27). The molecule has 1 aliphatic carbocycles. The van der Waals surface area contributed by atoms with E-state index < -0.39 is 17.3 Å². The van der Waals surface area contributed by atoms with Crippen LogP contribution in [0.4, 0.5) is 9.18 Å². The van der Waals surface area contributed by atoms with Gasteiger partial charge in [0.2, 0.25) is 0 Å². The molecule has 2 fully saturated rings. The number of hydrogen-bond acceptors (Lipinski definition) is 4. The lowest BCUT2D eigenvalue weighted by Gasteiger charge is -2.40. The highest BCUT2D eigenvalue weighted by atomic mass is 19.1. The van der Waals surface area contributed by atoms with Gasteiger partial charge in [-0.1, -0.05) is 6.92 Å². The largest absolute Gasteiger partial charge is 0.465 e. The van der Waals surface area contributed by atoms with Gasteiger partial charge in [-0.15, -0.1) is 0 Å². The van der Waals surface area contributed by atoms with Crippen LogP contribution >= 0.6 is 0 Å². The Bertz CT molecular complexity index is 695. The van der Waals surface area contributed by atoms with Gasteiger partial charge in [0.15, 0.2) is 0 Å². The third-order valence-corrected chi connectivity index (χ3v) is 6.20. The predicted octanol–water partition coefficient (Wildman–Crippen LogP) is 3.39. The summed E-state index contributed by atoms with van der Waals surface area (Å²) >= 11 is 0. The molecular weight excluding hydrogens is 347 g/mol. The van der Waals surface area contributed by atoms with Gasteiger partial charge in [-0.05, 0) is 50.7 Å². The summed E-state index contributed by atoms with van der Waals surface area (Å²) in [5.41, 5.74) is 0.0111. The Balaban J connectivity index is 1.68. The van der Waals surface area contributed by atoms with Gasteiger partial charge in [0.05, 0.1) is 23.4 Å². The summed E-state index contributed by atoms with van der Waals surface area (Å²) in [5.74, 6) is -0.390. The summed E-state index contributed by atoms with van der Waals surface area (Å²) in [6, 6.07) is 5.81. The van der Waals surface area contributed by atoms with Crippen molar-refractivity contribution in [1.29, 1.82) is 5.26 Å². The van der Waals surface area contributed by atoms with Gasteiger partial charge in [0.25, 0.3) is 0 Å². The van der Waals surface area contributed by atoms with Crippen LogP contribution in [0.15, 0.2) is 18.3 Å². The molecule has 7 heteroatoms. The molecule has 146 valence electrons. The Morgan fingerprint density at radius 1 is 1.41 bits per heavy atom. The lowest BCUT2D eigenvalue weighted by Crippen LogP contribution is -2.48. The van der Waals surface area contributed by atoms with Crippen molar-refractivity contribution in [2.45, 2.75) is 62.9 Å². The SMILES string of the molecule is CCC1CN(C2CCC(C#N)(c3ccc(F)cn3)CC2)CCCN1C(=O)O. The fourth-order valence-electron chi connectivity index (χ4n) is 4.56. The average molecular weight is 374 g/mol. The first-order valence-corrected chi connectivity index (χ1v) is 9.76. The molecule has 6 nitrogen and oxygen atoms in total. The number of amides is 1. The summed E-state index contributed by atoms with van der Waals surface area (Å²) in [4.78, 5) is 19.7. The number of rotatable bonds is 3. The third-order valence-electron chi connectivity index (χ3n) is 6.20. The van der Waals surface area contributed by atoms with Gasteiger partial charge in [-0.3, -0.25) is 9.88 Å². The van der Waals surface area contributed by atoms with Gasteiger partial charge < -0.3 is 10.0 Å². The number of carbonyl (C=O) groups is 1. The normalized spacial score (nSPS) is 29.7. The first kappa shape index (κ1) is 19.6. The molecular formula is C20H27FN4O2. The van der Waals surface area contributed by atoms with Crippen LogP contribution in [0.2, 0.25) is 0 Å². The molecule has 2 aliphatic rings. The molecule has 1 saturated heterocycles. The van der Waals surface area contributed by atoms with Gasteiger partial charge in [0, 0.05) is 31.7 Å². The zero-order valence-electron chi connectivity index (χ0n) is 15.8. The molecule has 0 bridgehead atoms. The van der Waals surface area contributed by atoms with Crippen LogP contribution in [0, 0.1) is 17.1 Å². The van der Waals surface area contributed by atoms with Crippen LogP contribution in [0.1, 0.15) is 51.1 Å². The van der Waals surface area contributed by atoms with Crippen molar-refractivity contribution in [3.8, 4) is 6.07 Å². The Morgan fingerprint density at radius 3 is 2.70 bits per heavy atom. The fourth-order valence-corrected chi connectivity index (χ4v) is 4.56. The number of hydrogen-bond donors (Lipinski definition) is 1. The summed E-state index contributed by atoms with van der Waals surface area (Å²) in [5, 5.41) is 19.3. The highest BCUT2D eigenvalue weighted by molar-refractivity contribution is 5.65. The van der Waals surface area contributed by atoms with Crippen molar-refractivity contribution >= 4 is 6.09 Å². The average Bonchev–Trinajstić information content (AvgIpc) is 2.91. The highest BCUT2D eigenvalue weighted by Gasteiger charge is 2.40. The van der Waals surface area contributed by atoms with Crippen molar-refractivity contribution in [2.75, 3.05) is 19.6 Å². The van der Waals surface area contributed by atoms with E-state index in [0.29, 0.717) is 31.1 Å². The molecule has 1 atom stereocenters. The van der Waals surface area contributed by atoms with E-state index in [2.05, 4.69) is 16.0 Å². The van der Waals surface area contributed by atoms with Crippen LogP contribution in [0.5, 0.6) is 0 Å². The lowest BCUT2D eigenvalue weighted by molar-refractivity contribution is 0.101. The van der Waals surface area contributed by atoms with E-state index in [0.717, 1.165) is 38.8 Å². The van der Waals surface area contributed by atoms with Crippen LogP contribution in [0.25, 0.3) is 0 Å². The van der Waals surface area contributed by atoms with E-state index in [1.807, 2.05) is 6.92 Å². The maximum Gasteiger partial charge on any atom is 0.407 e. The summed E-state index contributed by atoms with van der Waals surface area (Å²) in [7, 11) is 0. The topological polar surface area (TPSA) is 80.5 Å². The lowest BCUT2D eigenvalue weighted by atomic mass is 9.71. The van der Waals surface area contributed by atoms with Crippen LogP contribution in [-0.4, -0.2) is 57.7 Å². The Hall–Kier alpha value is -2.20. The summed E-state index contributed by atoms with van der Waals surface area (Å²) < 4.78 is 13.2. The van der Waals surface area contributed by atoms with E-state index in [-0.39, 0.29) is 6.04 Å². The molecule has 0 aromatic carbocycles. The van der Waals surface area contributed by atoms with Gasteiger partial charge in [0.1, 0.15) is 5.82 Å². The van der Waals surface area contributed by atoms with Crippen molar-refractivity contribution in [2.24, 2.45) is 0 Å². The number of halogens is 1. The van der Waals surface area contributed by atoms with E-state index in [1.165, 1.54) is 12.3 Å². The minimum absolute atomic E-state index is 0.0198. The molecule has 1 N–H and O–H groups in total. The fraction of sp³-hybridized carbons (Fsp3) is 0.650. The second-order valence-corrected chi connectivity index (χ2v) is 7.67. The Labute approximate surface area is 159 Å². The zero-order chi connectivity index (χ0) is 19.4. The minimum Gasteiger partial charge on any atom is -0.465 e. The number of carboxylic acid groups (broad SMARTS) is 1. The molecule has 0 spiro atoms. The van der Waals surface area contributed by atoms with Crippen LogP contribution < -0.4 is 0 Å². The van der Waals surface area contributed by atoms with Crippen LogP contribution in [0.3, 0.4) is 0 Å². The third kappa shape index (κ3) is 4.06. The van der Waals surface area contributed by atoms with E-state index >= 15 is 0 Å². The molecule has 0 radical (unpaired) electrons. The Kier molecular flexibility index (Phi) is 5.95. The molecule has 1 amide bonds. The van der Waals surface area contributed by atoms with E-state index in [4.69, 9.17) is 0 Å².